The van der Waals surface area contributed by atoms with E-state index >= 15 is 0 Å². The van der Waals surface area contributed by atoms with Crippen LogP contribution in [0.25, 0.3) is 0 Å². The van der Waals surface area contributed by atoms with E-state index in [0.717, 1.165) is 12.1 Å². The van der Waals surface area contributed by atoms with Crippen LogP contribution in [0, 0.1) is 11.6 Å². The lowest BCUT2D eigenvalue weighted by molar-refractivity contribution is 0.162. The highest BCUT2D eigenvalue weighted by Crippen LogP contribution is 2.20. The second-order valence-corrected chi connectivity index (χ2v) is 3.51. The zero-order chi connectivity index (χ0) is 12.3. The standard InChI is InChI=1S/C12H11F2NO2/c13-8-3-1-4-9(14)12(8)15-7-10(16)11-5-2-6-17-11/h1-6,10,15-16H,7H2. The summed E-state index contributed by atoms with van der Waals surface area (Å²) < 4.78 is 31.4. The number of aliphatic hydroxyl groups excluding tert-OH is 1. The van der Waals surface area contributed by atoms with Crippen molar-refractivity contribution >= 4 is 5.69 Å². The van der Waals surface area contributed by atoms with Crippen LogP contribution >= 0.6 is 0 Å². The molecule has 1 aromatic carbocycles. The molecule has 1 atom stereocenters. The second-order valence-electron chi connectivity index (χ2n) is 3.51. The molecule has 5 heteroatoms. The Morgan fingerprint density at radius 3 is 2.47 bits per heavy atom. The fourth-order valence-electron chi connectivity index (χ4n) is 1.45. The van der Waals surface area contributed by atoms with Gasteiger partial charge < -0.3 is 14.8 Å². The maximum Gasteiger partial charge on any atom is 0.149 e. The van der Waals surface area contributed by atoms with Crippen LogP contribution in [0.5, 0.6) is 0 Å². The van der Waals surface area contributed by atoms with E-state index in [1.54, 1.807) is 12.1 Å². The number of para-hydroxylation sites is 1. The van der Waals surface area contributed by atoms with Crippen LogP contribution in [0.4, 0.5) is 14.5 Å². The summed E-state index contributed by atoms with van der Waals surface area (Å²) in [6.45, 7) is -0.0363. The monoisotopic (exact) mass is 239 g/mol. The smallest absolute Gasteiger partial charge is 0.149 e. The third kappa shape index (κ3) is 2.62. The Morgan fingerprint density at radius 2 is 1.88 bits per heavy atom. The van der Waals surface area contributed by atoms with E-state index in [4.69, 9.17) is 4.42 Å². The maximum absolute atomic E-state index is 13.2. The molecule has 0 aliphatic heterocycles. The first-order valence-corrected chi connectivity index (χ1v) is 5.08. The molecule has 0 radical (unpaired) electrons. The van der Waals surface area contributed by atoms with E-state index in [0.29, 0.717) is 5.76 Å². The van der Waals surface area contributed by atoms with E-state index < -0.39 is 17.7 Å². The van der Waals surface area contributed by atoms with E-state index in [1.165, 1.54) is 12.3 Å². The van der Waals surface area contributed by atoms with Crippen LogP contribution in [-0.2, 0) is 0 Å². The molecule has 0 saturated heterocycles. The van der Waals surface area contributed by atoms with Crippen molar-refractivity contribution in [2.75, 3.05) is 11.9 Å². The van der Waals surface area contributed by atoms with Gasteiger partial charge in [0.2, 0.25) is 0 Å². The fraction of sp³-hybridized carbons (Fsp3) is 0.167. The quantitative estimate of drug-likeness (QED) is 0.862. The summed E-state index contributed by atoms with van der Waals surface area (Å²) in [6.07, 6.45) is 0.464. The molecule has 2 aromatic rings. The third-order valence-electron chi connectivity index (χ3n) is 2.31. The summed E-state index contributed by atoms with van der Waals surface area (Å²) >= 11 is 0. The zero-order valence-corrected chi connectivity index (χ0v) is 8.86. The Bertz CT molecular complexity index is 465. The fourth-order valence-corrected chi connectivity index (χ4v) is 1.45. The van der Waals surface area contributed by atoms with Gasteiger partial charge in [0.1, 0.15) is 29.2 Å². The lowest BCUT2D eigenvalue weighted by Crippen LogP contribution is -2.13. The number of anilines is 1. The Labute approximate surface area is 96.7 Å². The van der Waals surface area contributed by atoms with Gasteiger partial charge in [-0.05, 0) is 24.3 Å². The Hall–Kier alpha value is -1.88. The van der Waals surface area contributed by atoms with Crippen molar-refractivity contribution in [2.45, 2.75) is 6.10 Å². The normalized spacial score (nSPS) is 12.4. The average molecular weight is 239 g/mol. The van der Waals surface area contributed by atoms with Crippen molar-refractivity contribution in [1.29, 1.82) is 0 Å². The minimum absolute atomic E-state index is 0.0363. The molecule has 90 valence electrons. The van der Waals surface area contributed by atoms with Crippen molar-refractivity contribution in [3.8, 4) is 0 Å². The van der Waals surface area contributed by atoms with Gasteiger partial charge in [0.25, 0.3) is 0 Å². The van der Waals surface area contributed by atoms with Crippen LogP contribution in [0.1, 0.15) is 11.9 Å². The molecule has 0 spiro atoms. The maximum atomic E-state index is 13.2. The number of halogens is 2. The minimum atomic E-state index is -0.955. The van der Waals surface area contributed by atoms with E-state index in [1.807, 2.05) is 0 Å². The van der Waals surface area contributed by atoms with Crippen LogP contribution in [0.2, 0.25) is 0 Å². The molecule has 17 heavy (non-hydrogen) atoms. The third-order valence-corrected chi connectivity index (χ3v) is 2.31. The lowest BCUT2D eigenvalue weighted by atomic mass is 10.2. The van der Waals surface area contributed by atoms with Crippen molar-refractivity contribution in [1.82, 2.24) is 0 Å². The molecule has 0 aliphatic rings. The van der Waals surface area contributed by atoms with Gasteiger partial charge in [-0.3, -0.25) is 0 Å². The van der Waals surface area contributed by atoms with Gasteiger partial charge in [0.15, 0.2) is 0 Å². The average Bonchev–Trinajstić information content (AvgIpc) is 2.81. The minimum Gasteiger partial charge on any atom is -0.467 e. The predicted octanol–water partition coefficient (Wildman–Crippen LogP) is 2.70. The molecule has 2 rings (SSSR count). The zero-order valence-electron chi connectivity index (χ0n) is 8.86. The second kappa shape index (κ2) is 4.97. The molecule has 3 nitrogen and oxygen atoms in total. The molecule has 0 amide bonds. The summed E-state index contributed by atoms with van der Waals surface area (Å²) in [5.41, 5.74) is -0.252. The summed E-state index contributed by atoms with van der Waals surface area (Å²) in [5, 5.41) is 12.2. The van der Waals surface area contributed by atoms with Gasteiger partial charge in [0, 0.05) is 6.54 Å². The van der Waals surface area contributed by atoms with Gasteiger partial charge in [-0.15, -0.1) is 0 Å². The van der Waals surface area contributed by atoms with Gasteiger partial charge in [-0.2, -0.15) is 0 Å². The number of hydrogen-bond donors (Lipinski definition) is 2. The van der Waals surface area contributed by atoms with E-state index in [-0.39, 0.29) is 12.2 Å². The Morgan fingerprint density at radius 1 is 1.18 bits per heavy atom. The van der Waals surface area contributed by atoms with Crippen LogP contribution < -0.4 is 5.32 Å². The summed E-state index contributed by atoms with van der Waals surface area (Å²) in [6, 6.07) is 6.78. The summed E-state index contributed by atoms with van der Waals surface area (Å²) in [5.74, 6) is -1.05. The number of benzene rings is 1. The molecule has 0 aliphatic carbocycles. The molecular weight excluding hydrogens is 228 g/mol. The molecular formula is C12H11F2NO2. The first-order chi connectivity index (χ1) is 8.18. The molecule has 1 aromatic heterocycles. The number of aliphatic hydroxyl groups is 1. The first kappa shape index (κ1) is 11.6. The Kier molecular flexibility index (Phi) is 3.39. The summed E-state index contributed by atoms with van der Waals surface area (Å²) in [7, 11) is 0. The number of furan rings is 1. The molecule has 1 heterocycles. The Balaban J connectivity index is 2.03. The highest BCUT2D eigenvalue weighted by atomic mass is 19.1. The SMILES string of the molecule is OC(CNc1c(F)cccc1F)c1ccco1. The van der Waals surface area contributed by atoms with Crippen molar-refractivity contribution < 1.29 is 18.3 Å². The highest BCUT2D eigenvalue weighted by Gasteiger charge is 2.13. The number of hydrogen-bond acceptors (Lipinski definition) is 3. The van der Waals surface area contributed by atoms with Crippen molar-refractivity contribution in [3.63, 3.8) is 0 Å². The predicted molar refractivity (Wildman–Crippen MR) is 58.5 cm³/mol. The van der Waals surface area contributed by atoms with Crippen LogP contribution in [-0.4, -0.2) is 11.7 Å². The van der Waals surface area contributed by atoms with E-state index in [2.05, 4.69) is 5.32 Å². The van der Waals surface area contributed by atoms with Crippen LogP contribution in [0.3, 0.4) is 0 Å². The molecule has 1 unspecified atom stereocenters. The molecule has 2 N–H and O–H groups in total. The van der Waals surface area contributed by atoms with Crippen molar-refractivity contribution in [3.05, 3.63) is 54.0 Å². The van der Waals surface area contributed by atoms with Crippen molar-refractivity contribution in [2.24, 2.45) is 0 Å². The lowest BCUT2D eigenvalue weighted by Gasteiger charge is -2.11. The highest BCUT2D eigenvalue weighted by molar-refractivity contribution is 5.46. The molecule has 0 saturated carbocycles. The number of rotatable bonds is 4. The van der Waals surface area contributed by atoms with Gasteiger partial charge in [-0.25, -0.2) is 8.78 Å². The van der Waals surface area contributed by atoms with E-state index in [9.17, 15) is 13.9 Å². The molecule has 0 fully saturated rings. The topological polar surface area (TPSA) is 45.4 Å². The van der Waals surface area contributed by atoms with Gasteiger partial charge >= 0.3 is 0 Å². The van der Waals surface area contributed by atoms with Gasteiger partial charge in [0.05, 0.1) is 6.26 Å². The largest absolute Gasteiger partial charge is 0.467 e. The summed E-state index contributed by atoms with van der Waals surface area (Å²) in [4.78, 5) is 0. The van der Waals surface area contributed by atoms with Crippen LogP contribution in [0.15, 0.2) is 41.0 Å². The van der Waals surface area contributed by atoms with Gasteiger partial charge in [-0.1, -0.05) is 6.07 Å². The number of nitrogens with one attached hydrogen (secondary N) is 1. The first-order valence-electron chi connectivity index (χ1n) is 5.08. The molecule has 0 bridgehead atoms.